The number of aromatic nitrogens is 4. The minimum Gasteiger partial charge on any atom is -0.493 e. The lowest BCUT2D eigenvalue weighted by Crippen LogP contribution is -2.14. The Morgan fingerprint density at radius 1 is 0.926 bits per heavy atom. The molecule has 0 amide bonds. The average Bonchev–Trinajstić information content (AvgIpc) is 3.82. The first-order chi connectivity index (χ1) is 25.9. The number of fused-ring (bicyclic) bond motifs is 8. The second-order valence-corrected chi connectivity index (χ2v) is 14.6. The highest BCUT2D eigenvalue weighted by Crippen LogP contribution is 2.45. The molecule has 7 rings (SSSR count). The van der Waals surface area contributed by atoms with Crippen LogP contribution in [-0.4, -0.2) is 45.1 Å². The number of allylic oxidation sites excluding steroid dienone is 4. The number of Topliss-reactive ketones (excluding diaryl/α,β-unsaturated/α-hetero) is 1. The molecule has 1 aromatic carbocycles. The van der Waals surface area contributed by atoms with E-state index < -0.39 is 0 Å². The molecule has 5 heterocycles. The first-order valence-corrected chi connectivity index (χ1v) is 18.9. The van der Waals surface area contributed by atoms with Gasteiger partial charge in [0, 0.05) is 39.9 Å². The first kappa shape index (κ1) is 38.4. The van der Waals surface area contributed by atoms with Crippen LogP contribution in [0.4, 0.5) is 0 Å². The van der Waals surface area contributed by atoms with E-state index >= 15 is 0 Å². The summed E-state index contributed by atoms with van der Waals surface area (Å²) in [4.78, 5) is 48.5. The number of ketones is 1. The third-order valence-corrected chi connectivity index (χ3v) is 11.3. The van der Waals surface area contributed by atoms with E-state index in [1.54, 1.807) is 7.11 Å². The van der Waals surface area contributed by atoms with Gasteiger partial charge in [0.15, 0.2) is 5.76 Å². The summed E-state index contributed by atoms with van der Waals surface area (Å²) < 4.78 is 12.3. The van der Waals surface area contributed by atoms with Crippen LogP contribution in [-0.2, 0) is 25.7 Å². The zero-order chi connectivity index (χ0) is 38.8. The van der Waals surface area contributed by atoms with Crippen molar-refractivity contribution in [3.63, 3.8) is 0 Å². The molecule has 0 saturated carbocycles. The Morgan fingerprint density at radius 2 is 1.65 bits per heavy atom. The maximum Gasteiger partial charge on any atom is 0.373 e. The van der Waals surface area contributed by atoms with E-state index in [1.807, 2.05) is 6.08 Å². The molecule has 54 heavy (non-hydrogen) atoms. The number of carbonyl (C=O) groups excluding carboxylic acids is 3. The van der Waals surface area contributed by atoms with Gasteiger partial charge in [0.05, 0.1) is 53.7 Å². The Bertz CT molecular complexity index is 2330. The molecule has 3 atom stereocenters. The second-order valence-electron chi connectivity index (χ2n) is 14.6. The number of ether oxygens (including phenoxy) is 2. The van der Waals surface area contributed by atoms with Crippen LogP contribution in [0.1, 0.15) is 146 Å². The fourth-order valence-corrected chi connectivity index (χ4v) is 8.28. The molecule has 3 aromatic rings. The normalized spacial score (nSPS) is 17.4. The van der Waals surface area contributed by atoms with Gasteiger partial charge in [-0.3, -0.25) is 4.79 Å². The second kappa shape index (κ2) is 15.9. The van der Waals surface area contributed by atoms with Crippen LogP contribution in [0.3, 0.4) is 0 Å². The monoisotopic (exact) mass is 726 g/mol. The van der Waals surface area contributed by atoms with Crippen molar-refractivity contribution >= 4 is 51.3 Å². The number of carbonyl (C=O) groups is 1. The third-order valence-electron chi connectivity index (χ3n) is 11.3. The largest absolute Gasteiger partial charge is 0.493 e. The molecule has 4 aliphatic rings. The lowest BCUT2D eigenvalue weighted by atomic mass is 9.83. The number of hydrogen-bond acceptors (Lipinski definition) is 7. The molecule has 0 radical (unpaired) electrons. The SMILES string of the molecule is CCCC[C@@H]1c2[nH]c(cc3nc(cc4nc(cc5[nH]c6c(c5C)C=C(OC)C(=O)c26)C(CC)=C4C)C([C@H](C)OCc2cccc(C)c2)=C3C)[C@H]1C.O=C=O. The highest BCUT2D eigenvalue weighted by molar-refractivity contribution is 6.19. The Balaban J connectivity index is 0.00000160. The van der Waals surface area contributed by atoms with Gasteiger partial charge in [0.25, 0.3) is 0 Å². The first-order valence-electron chi connectivity index (χ1n) is 18.9. The standard InChI is InChI=1S/C44H50N4O3.CO2/c1-10-12-16-31-25(5)34-19-36-27(7)40(28(8)51-22-29-15-13-14-23(3)17-29)38(46-36)21-33-24(4)30(11-2)37(45-33)20-35-26(6)32-18-39(50-9)44(49)41(42(31)47-34)43(32)48-35;2-1-3/h13-15,17-21,25,28,31,47-48H,10-12,16,22H2,1-9H3;/t25-,28-,31-;/m0./s1. The van der Waals surface area contributed by atoms with Gasteiger partial charge in [-0.1, -0.05) is 63.4 Å². The molecule has 0 fully saturated rings. The van der Waals surface area contributed by atoms with E-state index in [0.29, 0.717) is 17.9 Å². The molecule has 3 aliphatic heterocycles. The average molecular weight is 727 g/mol. The zero-order valence-corrected chi connectivity index (χ0v) is 32.8. The summed E-state index contributed by atoms with van der Waals surface area (Å²) in [7, 11) is 1.58. The van der Waals surface area contributed by atoms with Crippen molar-refractivity contribution in [1.82, 2.24) is 19.9 Å². The number of nitrogens with zero attached hydrogens (tertiary/aromatic N) is 2. The Kier molecular flexibility index (Phi) is 11.3. The molecule has 0 spiro atoms. The minimum atomic E-state index is -0.202. The fourth-order valence-electron chi connectivity index (χ4n) is 8.28. The van der Waals surface area contributed by atoms with Crippen molar-refractivity contribution in [2.24, 2.45) is 0 Å². The summed E-state index contributed by atoms with van der Waals surface area (Å²) in [6.07, 6.45) is 5.89. The molecular weight excluding hydrogens is 677 g/mol. The summed E-state index contributed by atoms with van der Waals surface area (Å²) in [6.45, 7) is 17.8. The molecule has 9 nitrogen and oxygen atoms in total. The molecule has 280 valence electrons. The minimum absolute atomic E-state index is 0.100. The summed E-state index contributed by atoms with van der Waals surface area (Å²) in [6, 6.07) is 15.0. The molecule has 2 aromatic heterocycles. The zero-order valence-electron chi connectivity index (χ0n) is 32.8. The van der Waals surface area contributed by atoms with E-state index in [4.69, 9.17) is 29.0 Å². The number of hydrogen-bond donors (Lipinski definition) is 2. The van der Waals surface area contributed by atoms with Gasteiger partial charge in [-0.15, -0.1) is 0 Å². The maximum absolute atomic E-state index is 14.3. The van der Waals surface area contributed by atoms with E-state index in [-0.39, 0.29) is 29.9 Å². The number of benzene rings is 1. The van der Waals surface area contributed by atoms with Gasteiger partial charge in [-0.25, -0.2) is 9.97 Å². The maximum atomic E-state index is 14.3. The Morgan fingerprint density at radius 3 is 2.33 bits per heavy atom. The number of aromatic amines is 2. The highest BCUT2D eigenvalue weighted by Gasteiger charge is 2.36. The van der Waals surface area contributed by atoms with Crippen molar-refractivity contribution in [2.75, 3.05) is 7.11 Å². The number of H-pyrrole nitrogens is 2. The summed E-state index contributed by atoms with van der Waals surface area (Å²) in [5.74, 6) is 0.543. The van der Waals surface area contributed by atoms with E-state index in [2.05, 4.69) is 108 Å². The Labute approximate surface area is 317 Å². The molecule has 9 heteroatoms. The van der Waals surface area contributed by atoms with Gasteiger partial charge < -0.3 is 19.4 Å². The van der Waals surface area contributed by atoms with E-state index in [1.165, 1.54) is 11.1 Å². The van der Waals surface area contributed by atoms with Crippen LogP contribution in [0.2, 0.25) is 0 Å². The number of rotatable bonds is 9. The summed E-state index contributed by atoms with van der Waals surface area (Å²) in [5, 5.41) is 0. The van der Waals surface area contributed by atoms with Crippen LogP contribution < -0.4 is 0 Å². The molecule has 0 unspecified atom stereocenters. The Hall–Kier alpha value is -5.37. The topological polar surface area (TPSA) is 127 Å². The molecule has 1 aliphatic carbocycles. The number of methoxy groups -OCH3 is 1. The van der Waals surface area contributed by atoms with Crippen LogP contribution >= 0.6 is 0 Å². The van der Waals surface area contributed by atoms with Crippen molar-refractivity contribution < 1.29 is 23.9 Å². The number of unbranched alkanes of at least 4 members (excludes halogenated alkanes) is 1. The lowest BCUT2D eigenvalue weighted by Gasteiger charge is -2.20. The summed E-state index contributed by atoms with van der Waals surface area (Å²) in [5.41, 5.74) is 17.0. The van der Waals surface area contributed by atoms with Crippen LogP contribution in [0.15, 0.2) is 48.2 Å². The number of aryl methyl sites for hydroxylation is 2. The van der Waals surface area contributed by atoms with Crippen molar-refractivity contribution in [3.05, 3.63) is 110 Å². The molecule has 8 bridgehead atoms. The van der Waals surface area contributed by atoms with Crippen LogP contribution in [0, 0.1) is 13.8 Å². The smallest absolute Gasteiger partial charge is 0.373 e. The van der Waals surface area contributed by atoms with Gasteiger partial charge >= 0.3 is 6.15 Å². The van der Waals surface area contributed by atoms with E-state index in [0.717, 1.165) is 104 Å². The van der Waals surface area contributed by atoms with Gasteiger partial charge in [0.1, 0.15) is 0 Å². The fraction of sp³-hybridized carbons (Fsp3) is 0.378. The molecule has 2 N–H and O–H groups in total. The molecule has 0 saturated heterocycles. The van der Waals surface area contributed by atoms with Gasteiger partial charge in [-0.05, 0) is 99.6 Å². The quantitative estimate of drug-likeness (QED) is 0.225. The van der Waals surface area contributed by atoms with Crippen LogP contribution in [0.25, 0.3) is 39.4 Å². The number of nitrogens with one attached hydrogen (secondary N) is 2. The lowest BCUT2D eigenvalue weighted by molar-refractivity contribution is -0.191. The van der Waals surface area contributed by atoms with Crippen LogP contribution in [0.5, 0.6) is 0 Å². The van der Waals surface area contributed by atoms with Gasteiger partial charge in [0.2, 0.25) is 5.78 Å². The van der Waals surface area contributed by atoms with Crippen molar-refractivity contribution in [3.8, 4) is 0 Å². The van der Waals surface area contributed by atoms with Gasteiger partial charge in [-0.2, -0.15) is 9.59 Å². The predicted molar refractivity (Wildman–Crippen MR) is 213 cm³/mol. The van der Waals surface area contributed by atoms with E-state index in [9.17, 15) is 4.79 Å². The van der Waals surface area contributed by atoms with Crippen molar-refractivity contribution in [1.29, 1.82) is 0 Å². The molecular formula is C45H50N4O5. The summed E-state index contributed by atoms with van der Waals surface area (Å²) >= 11 is 0. The predicted octanol–water partition coefficient (Wildman–Crippen LogP) is 10.2. The highest BCUT2D eigenvalue weighted by atomic mass is 16.5. The third kappa shape index (κ3) is 7.02. The van der Waals surface area contributed by atoms with Crippen molar-refractivity contribution in [2.45, 2.75) is 106 Å².